The van der Waals surface area contributed by atoms with Crippen LogP contribution in [0.1, 0.15) is 18.1 Å². The van der Waals surface area contributed by atoms with Crippen molar-refractivity contribution in [3.05, 3.63) is 24.2 Å². The Kier molecular flexibility index (Phi) is 3.63. The summed E-state index contributed by atoms with van der Waals surface area (Å²) < 4.78 is 4.99. The molecule has 1 N–H and O–H groups in total. The van der Waals surface area contributed by atoms with Crippen LogP contribution in [0.15, 0.2) is 23.0 Å². The van der Waals surface area contributed by atoms with Gasteiger partial charge >= 0.3 is 0 Å². The molecule has 1 saturated heterocycles. The third-order valence-corrected chi connectivity index (χ3v) is 3.40. The van der Waals surface area contributed by atoms with Gasteiger partial charge in [0.2, 0.25) is 0 Å². The zero-order chi connectivity index (χ0) is 11.5. The monoisotopic (exact) mass is 224 g/mol. The second kappa shape index (κ2) is 4.99. The summed E-state index contributed by atoms with van der Waals surface area (Å²) in [6.45, 7) is 3.19. The van der Waals surface area contributed by atoms with Crippen molar-refractivity contribution >= 4 is 0 Å². The highest BCUT2D eigenvalue weighted by molar-refractivity contribution is 5.09. The van der Waals surface area contributed by atoms with E-state index >= 15 is 0 Å². The summed E-state index contributed by atoms with van der Waals surface area (Å²) in [4.78, 5) is 4.63. The van der Waals surface area contributed by atoms with E-state index in [2.05, 4.69) is 23.9 Å². The normalized spacial score (nSPS) is 25.8. The van der Waals surface area contributed by atoms with Crippen molar-refractivity contribution in [1.82, 2.24) is 9.80 Å². The summed E-state index contributed by atoms with van der Waals surface area (Å²) in [6.07, 6.45) is 3.57. The Morgan fingerprint density at radius 1 is 1.50 bits per heavy atom. The van der Waals surface area contributed by atoms with Gasteiger partial charge in [-0.2, -0.15) is 0 Å². The van der Waals surface area contributed by atoms with Crippen LogP contribution in [-0.4, -0.2) is 54.7 Å². The fourth-order valence-electron chi connectivity index (χ4n) is 2.21. The second-order valence-electron chi connectivity index (χ2n) is 4.70. The van der Waals surface area contributed by atoms with Crippen LogP contribution >= 0.6 is 0 Å². The lowest BCUT2D eigenvalue weighted by Gasteiger charge is -2.38. The summed E-state index contributed by atoms with van der Waals surface area (Å²) in [5.41, 5.74) is 0.877. The van der Waals surface area contributed by atoms with Gasteiger partial charge in [-0.15, -0.1) is 0 Å². The lowest BCUT2D eigenvalue weighted by molar-refractivity contribution is 0.0633. The molecule has 1 aliphatic heterocycles. The number of aliphatic hydroxyl groups is 1. The van der Waals surface area contributed by atoms with E-state index in [0.717, 1.165) is 31.6 Å². The minimum absolute atomic E-state index is 0.419. The highest BCUT2D eigenvalue weighted by Crippen LogP contribution is 2.22. The van der Waals surface area contributed by atoms with Gasteiger partial charge < -0.3 is 19.3 Å². The molecule has 2 heterocycles. The van der Waals surface area contributed by atoms with Crippen LogP contribution < -0.4 is 0 Å². The first kappa shape index (κ1) is 11.6. The largest absolute Gasteiger partial charge is 0.472 e. The predicted molar refractivity (Wildman–Crippen MR) is 62.2 cm³/mol. The SMILES string of the molecule is CN1CCN(C)C(CC(O)c2ccoc2)C1. The van der Waals surface area contributed by atoms with Crippen LogP contribution in [0, 0.1) is 0 Å². The van der Waals surface area contributed by atoms with E-state index in [0.29, 0.717) is 6.04 Å². The standard InChI is InChI=1S/C12H20N2O2/c1-13-4-5-14(2)11(8-13)7-12(15)10-3-6-16-9-10/h3,6,9,11-12,15H,4-5,7-8H2,1-2H3. The first-order valence-electron chi connectivity index (χ1n) is 5.76. The Hall–Kier alpha value is -0.840. The number of nitrogens with zero attached hydrogens (tertiary/aromatic N) is 2. The van der Waals surface area contributed by atoms with Gasteiger partial charge in [-0.3, -0.25) is 0 Å². The Labute approximate surface area is 96.5 Å². The van der Waals surface area contributed by atoms with Gasteiger partial charge in [0.1, 0.15) is 0 Å². The quantitative estimate of drug-likeness (QED) is 0.830. The van der Waals surface area contributed by atoms with Crippen molar-refractivity contribution in [2.45, 2.75) is 18.6 Å². The van der Waals surface area contributed by atoms with E-state index in [1.807, 2.05) is 6.07 Å². The number of aliphatic hydroxyl groups excluding tert-OH is 1. The topological polar surface area (TPSA) is 39.9 Å². The van der Waals surface area contributed by atoms with Crippen LogP contribution in [0.2, 0.25) is 0 Å². The third kappa shape index (κ3) is 2.64. The highest BCUT2D eigenvalue weighted by Gasteiger charge is 2.25. The fourth-order valence-corrected chi connectivity index (χ4v) is 2.21. The van der Waals surface area contributed by atoms with Gasteiger partial charge in [0.05, 0.1) is 18.6 Å². The summed E-state index contributed by atoms with van der Waals surface area (Å²) >= 11 is 0. The van der Waals surface area contributed by atoms with E-state index in [4.69, 9.17) is 4.42 Å². The van der Waals surface area contributed by atoms with Gasteiger partial charge in [0.25, 0.3) is 0 Å². The maximum atomic E-state index is 10.1. The van der Waals surface area contributed by atoms with Crippen LogP contribution in [-0.2, 0) is 0 Å². The van der Waals surface area contributed by atoms with Crippen molar-refractivity contribution in [2.24, 2.45) is 0 Å². The van der Waals surface area contributed by atoms with Gasteiger partial charge in [-0.1, -0.05) is 0 Å². The molecule has 2 unspecified atom stereocenters. The summed E-state index contributed by atoms with van der Waals surface area (Å²) in [6, 6.07) is 2.25. The molecule has 0 aromatic carbocycles. The number of piperazine rings is 1. The Balaban J connectivity index is 1.93. The fraction of sp³-hybridized carbons (Fsp3) is 0.667. The van der Waals surface area contributed by atoms with Gasteiger partial charge in [-0.25, -0.2) is 0 Å². The Morgan fingerprint density at radius 3 is 3.00 bits per heavy atom. The molecule has 2 atom stereocenters. The van der Waals surface area contributed by atoms with Crippen molar-refractivity contribution in [3.8, 4) is 0 Å². The zero-order valence-electron chi connectivity index (χ0n) is 9.97. The van der Waals surface area contributed by atoms with E-state index in [9.17, 15) is 5.11 Å². The van der Waals surface area contributed by atoms with Crippen molar-refractivity contribution in [2.75, 3.05) is 33.7 Å². The molecule has 0 radical (unpaired) electrons. The van der Waals surface area contributed by atoms with Crippen LogP contribution in [0.5, 0.6) is 0 Å². The lowest BCUT2D eigenvalue weighted by atomic mass is 10.0. The third-order valence-electron chi connectivity index (χ3n) is 3.40. The van der Waals surface area contributed by atoms with E-state index in [-0.39, 0.29) is 0 Å². The molecular weight excluding hydrogens is 204 g/mol. The minimum Gasteiger partial charge on any atom is -0.472 e. The molecule has 0 aliphatic carbocycles. The molecule has 0 spiro atoms. The van der Waals surface area contributed by atoms with Gasteiger partial charge in [0.15, 0.2) is 0 Å². The Bertz CT molecular complexity index is 313. The van der Waals surface area contributed by atoms with E-state index in [1.54, 1.807) is 12.5 Å². The summed E-state index contributed by atoms with van der Waals surface area (Å²) in [5, 5.41) is 10.1. The van der Waals surface area contributed by atoms with Crippen LogP contribution in [0.4, 0.5) is 0 Å². The number of furan rings is 1. The lowest BCUT2D eigenvalue weighted by Crippen LogP contribution is -2.50. The molecule has 90 valence electrons. The predicted octanol–water partition coefficient (Wildman–Crippen LogP) is 0.949. The van der Waals surface area contributed by atoms with Crippen LogP contribution in [0.25, 0.3) is 0 Å². The molecule has 16 heavy (non-hydrogen) atoms. The summed E-state index contributed by atoms with van der Waals surface area (Å²) in [7, 11) is 4.25. The number of hydrogen-bond acceptors (Lipinski definition) is 4. The maximum Gasteiger partial charge on any atom is 0.0960 e. The molecule has 0 saturated carbocycles. The van der Waals surface area contributed by atoms with E-state index < -0.39 is 6.10 Å². The smallest absolute Gasteiger partial charge is 0.0960 e. The maximum absolute atomic E-state index is 10.1. The average molecular weight is 224 g/mol. The number of hydrogen-bond donors (Lipinski definition) is 1. The number of likely N-dealkylation sites (N-methyl/N-ethyl adjacent to an activating group) is 2. The molecule has 1 aliphatic rings. The molecule has 1 aromatic rings. The van der Waals surface area contributed by atoms with E-state index in [1.165, 1.54) is 0 Å². The minimum atomic E-state index is -0.419. The first-order valence-corrected chi connectivity index (χ1v) is 5.76. The van der Waals surface area contributed by atoms with Crippen molar-refractivity contribution in [3.63, 3.8) is 0 Å². The van der Waals surface area contributed by atoms with Crippen molar-refractivity contribution in [1.29, 1.82) is 0 Å². The molecule has 4 heteroatoms. The average Bonchev–Trinajstić information content (AvgIpc) is 2.76. The molecular formula is C12H20N2O2. The second-order valence-corrected chi connectivity index (χ2v) is 4.70. The molecule has 0 bridgehead atoms. The highest BCUT2D eigenvalue weighted by atomic mass is 16.3. The molecule has 0 amide bonds. The van der Waals surface area contributed by atoms with Gasteiger partial charge in [0, 0.05) is 31.2 Å². The van der Waals surface area contributed by atoms with Gasteiger partial charge in [-0.05, 0) is 26.6 Å². The summed E-state index contributed by atoms with van der Waals surface area (Å²) in [5.74, 6) is 0. The molecule has 1 aromatic heterocycles. The van der Waals surface area contributed by atoms with Crippen molar-refractivity contribution < 1.29 is 9.52 Å². The Morgan fingerprint density at radius 2 is 2.31 bits per heavy atom. The molecule has 4 nitrogen and oxygen atoms in total. The molecule has 2 rings (SSSR count). The number of rotatable bonds is 3. The first-order chi connectivity index (χ1) is 7.66. The molecule has 1 fully saturated rings. The zero-order valence-corrected chi connectivity index (χ0v) is 9.97. The van der Waals surface area contributed by atoms with Crippen LogP contribution in [0.3, 0.4) is 0 Å².